The van der Waals surface area contributed by atoms with Crippen LogP contribution in [0.2, 0.25) is 0 Å². The lowest BCUT2D eigenvalue weighted by Gasteiger charge is -2.13. The van der Waals surface area contributed by atoms with Crippen molar-refractivity contribution in [2.75, 3.05) is 16.6 Å². The van der Waals surface area contributed by atoms with Crippen LogP contribution in [0.4, 0.5) is 11.4 Å². The lowest BCUT2D eigenvalue weighted by atomic mass is 10.2. The number of ether oxygens (including phenoxy) is 1. The Bertz CT molecular complexity index is 1500. The zero-order chi connectivity index (χ0) is 26.4. The van der Waals surface area contributed by atoms with E-state index in [-0.39, 0.29) is 22.7 Å². The van der Waals surface area contributed by atoms with E-state index in [0.29, 0.717) is 28.6 Å². The molecule has 11 heteroatoms. The van der Waals surface area contributed by atoms with Crippen LogP contribution in [0.25, 0.3) is 0 Å². The van der Waals surface area contributed by atoms with Gasteiger partial charge in [0.1, 0.15) is 17.1 Å². The van der Waals surface area contributed by atoms with Crippen LogP contribution >= 0.6 is 0 Å². The largest absolute Gasteiger partial charge is 0.455 e. The molecule has 0 unspecified atom stereocenters. The third-order valence-corrected chi connectivity index (χ3v) is 6.62. The molecule has 0 fully saturated rings. The fourth-order valence-corrected chi connectivity index (χ4v) is 4.42. The summed E-state index contributed by atoms with van der Waals surface area (Å²) < 4.78 is 39.3. The zero-order valence-corrected chi connectivity index (χ0v) is 20.8. The summed E-state index contributed by atoms with van der Waals surface area (Å²) in [5, 5.41) is 8.88. The molecule has 0 aliphatic carbocycles. The normalized spacial score (nSPS) is 11.0. The SMILES string of the molecule is Cc1noc(C)c1NC(=O)CNC(=O)c1ccc(S(=O)(=O)Nc2ccccc2Oc2ccccc2)cc1. The van der Waals surface area contributed by atoms with Crippen molar-refractivity contribution in [2.24, 2.45) is 0 Å². The first-order valence-electron chi connectivity index (χ1n) is 11.2. The predicted octanol–water partition coefficient (Wildman–Crippen LogP) is 4.25. The molecule has 0 atom stereocenters. The third-order valence-electron chi connectivity index (χ3n) is 5.24. The van der Waals surface area contributed by atoms with Gasteiger partial charge < -0.3 is 19.9 Å². The number of hydrogen-bond donors (Lipinski definition) is 3. The average molecular weight is 521 g/mol. The molecule has 0 radical (unpaired) electrons. The van der Waals surface area contributed by atoms with Crippen LogP contribution in [0, 0.1) is 13.8 Å². The minimum Gasteiger partial charge on any atom is -0.455 e. The molecule has 37 heavy (non-hydrogen) atoms. The minimum absolute atomic E-state index is 0.0466. The molecule has 0 bridgehead atoms. The smallest absolute Gasteiger partial charge is 0.262 e. The number of carbonyl (C=O) groups is 2. The summed E-state index contributed by atoms with van der Waals surface area (Å²) in [4.78, 5) is 24.6. The number of rotatable bonds is 9. The summed E-state index contributed by atoms with van der Waals surface area (Å²) in [7, 11) is -3.97. The molecule has 0 spiro atoms. The quantitative estimate of drug-likeness (QED) is 0.300. The lowest BCUT2D eigenvalue weighted by molar-refractivity contribution is -0.115. The summed E-state index contributed by atoms with van der Waals surface area (Å²) >= 11 is 0. The van der Waals surface area contributed by atoms with Crippen molar-refractivity contribution in [1.82, 2.24) is 10.5 Å². The molecule has 0 aliphatic heterocycles. The Balaban J connectivity index is 1.39. The van der Waals surface area contributed by atoms with Gasteiger partial charge in [0.25, 0.3) is 15.9 Å². The van der Waals surface area contributed by atoms with Gasteiger partial charge in [-0.05, 0) is 62.4 Å². The Morgan fingerprint density at radius 1 is 0.919 bits per heavy atom. The Labute approximate surface area is 213 Å². The van der Waals surface area contributed by atoms with E-state index in [4.69, 9.17) is 9.26 Å². The van der Waals surface area contributed by atoms with Crippen LogP contribution in [-0.2, 0) is 14.8 Å². The van der Waals surface area contributed by atoms with Gasteiger partial charge >= 0.3 is 0 Å². The Morgan fingerprint density at radius 2 is 1.59 bits per heavy atom. The second-order valence-electron chi connectivity index (χ2n) is 7.97. The molecule has 0 aliphatic rings. The van der Waals surface area contributed by atoms with E-state index < -0.39 is 21.8 Å². The molecular weight excluding hydrogens is 496 g/mol. The van der Waals surface area contributed by atoms with Crippen molar-refractivity contribution < 1.29 is 27.3 Å². The van der Waals surface area contributed by atoms with E-state index in [2.05, 4.69) is 20.5 Å². The highest BCUT2D eigenvalue weighted by Crippen LogP contribution is 2.31. The van der Waals surface area contributed by atoms with E-state index in [1.165, 1.54) is 24.3 Å². The molecule has 0 saturated carbocycles. The van der Waals surface area contributed by atoms with Gasteiger partial charge in [-0.15, -0.1) is 0 Å². The molecule has 4 rings (SSSR count). The zero-order valence-electron chi connectivity index (χ0n) is 20.0. The van der Waals surface area contributed by atoms with Crippen LogP contribution in [0.15, 0.2) is 88.3 Å². The number of aryl methyl sites for hydroxylation is 2. The fourth-order valence-electron chi connectivity index (χ4n) is 3.35. The first kappa shape index (κ1) is 25.5. The van der Waals surface area contributed by atoms with Crippen molar-refractivity contribution in [3.63, 3.8) is 0 Å². The Morgan fingerprint density at radius 3 is 2.27 bits per heavy atom. The summed E-state index contributed by atoms with van der Waals surface area (Å²) in [5.41, 5.74) is 1.43. The molecule has 3 aromatic carbocycles. The summed E-state index contributed by atoms with van der Waals surface area (Å²) in [6, 6.07) is 21.0. The van der Waals surface area contributed by atoms with E-state index in [1.807, 2.05) is 18.2 Å². The molecule has 1 heterocycles. The molecule has 1 aromatic heterocycles. The summed E-state index contributed by atoms with van der Waals surface area (Å²) in [6.07, 6.45) is 0. The van der Waals surface area contributed by atoms with Crippen molar-refractivity contribution in [3.8, 4) is 11.5 Å². The Kier molecular flexibility index (Phi) is 7.54. The molecule has 3 N–H and O–H groups in total. The monoisotopic (exact) mass is 520 g/mol. The molecule has 190 valence electrons. The van der Waals surface area contributed by atoms with Crippen LogP contribution in [0.5, 0.6) is 11.5 Å². The number of hydrogen-bond acceptors (Lipinski definition) is 7. The van der Waals surface area contributed by atoms with Crippen LogP contribution in [0.3, 0.4) is 0 Å². The summed E-state index contributed by atoms with van der Waals surface area (Å²) in [6.45, 7) is 3.06. The van der Waals surface area contributed by atoms with E-state index >= 15 is 0 Å². The molecular formula is C26H24N4O6S. The van der Waals surface area contributed by atoms with Crippen molar-refractivity contribution in [2.45, 2.75) is 18.7 Å². The number of sulfonamides is 1. The van der Waals surface area contributed by atoms with Gasteiger partial charge in [-0.2, -0.15) is 0 Å². The highest BCUT2D eigenvalue weighted by atomic mass is 32.2. The topological polar surface area (TPSA) is 140 Å². The molecule has 10 nitrogen and oxygen atoms in total. The predicted molar refractivity (Wildman–Crippen MR) is 137 cm³/mol. The van der Waals surface area contributed by atoms with Crippen molar-refractivity contribution in [3.05, 3.63) is 95.9 Å². The number of benzene rings is 3. The van der Waals surface area contributed by atoms with Crippen molar-refractivity contribution in [1.29, 1.82) is 0 Å². The maximum absolute atomic E-state index is 13.0. The Hall–Kier alpha value is -4.64. The number of para-hydroxylation sites is 3. The number of aromatic nitrogens is 1. The molecule has 2 amide bonds. The minimum atomic E-state index is -3.97. The molecule has 4 aromatic rings. The van der Waals surface area contributed by atoms with E-state index in [1.54, 1.807) is 50.2 Å². The number of carbonyl (C=O) groups excluding carboxylic acids is 2. The van der Waals surface area contributed by atoms with Gasteiger partial charge in [0.05, 0.1) is 17.1 Å². The number of anilines is 2. The average Bonchev–Trinajstić information content (AvgIpc) is 3.21. The van der Waals surface area contributed by atoms with Gasteiger partial charge in [0.2, 0.25) is 5.91 Å². The lowest BCUT2D eigenvalue weighted by Crippen LogP contribution is -2.33. The second kappa shape index (κ2) is 11.0. The van der Waals surface area contributed by atoms with E-state index in [0.717, 1.165) is 0 Å². The van der Waals surface area contributed by atoms with Crippen LogP contribution in [-0.4, -0.2) is 31.9 Å². The second-order valence-corrected chi connectivity index (χ2v) is 9.65. The standard InChI is InChI=1S/C26H24N4O6S/c1-17-25(18(2)36-29-17)28-24(31)16-27-26(32)19-12-14-21(15-13-19)37(33,34)30-22-10-6-7-11-23(22)35-20-8-4-3-5-9-20/h3-15,30H,16H2,1-2H3,(H,27,32)(H,28,31). The van der Waals surface area contributed by atoms with Gasteiger partial charge in [-0.25, -0.2) is 8.42 Å². The fraction of sp³-hybridized carbons (Fsp3) is 0.115. The third kappa shape index (κ3) is 6.33. The first-order chi connectivity index (χ1) is 17.7. The van der Waals surface area contributed by atoms with Gasteiger partial charge in [-0.3, -0.25) is 14.3 Å². The summed E-state index contributed by atoms with van der Waals surface area (Å²) in [5.74, 6) is 0.361. The number of nitrogens with zero attached hydrogens (tertiary/aromatic N) is 1. The highest BCUT2D eigenvalue weighted by Gasteiger charge is 2.18. The first-order valence-corrected chi connectivity index (χ1v) is 12.7. The van der Waals surface area contributed by atoms with Crippen LogP contribution in [0.1, 0.15) is 21.8 Å². The maximum atomic E-state index is 13.0. The van der Waals surface area contributed by atoms with Gasteiger partial charge in [-0.1, -0.05) is 35.5 Å². The van der Waals surface area contributed by atoms with Crippen molar-refractivity contribution >= 4 is 33.2 Å². The van der Waals surface area contributed by atoms with Gasteiger partial charge in [0.15, 0.2) is 11.5 Å². The van der Waals surface area contributed by atoms with Crippen LogP contribution < -0.4 is 20.1 Å². The number of nitrogens with one attached hydrogen (secondary N) is 3. The highest BCUT2D eigenvalue weighted by molar-refractivity contribution is 7.92. The number of amides is 2. The maximum Gasteiger partial charge on any atom is 0.262 e. The molecule has 0 saturated heterocycles. The van der Waals surface area contributed by atoms with E-state index in [9.17, 15) is 18.0 Å². The van der Waals surface area contributed by atoms with Gasteiger partial charge in [0, 0.05) is 5.56 Å².